The van der Waals surface area contributed by atoms with Crippen LogP contribution >= 0.6 is 22.9 Å². The minimum atomic E-state index is -0.0498. The highest BCUT2D eigenvalue weighted by Gasteiger charge is 2.27. The van der Waals surface area contributed by atoms with Crippen LogP contribution in [0, 0.1) is 0 Å². The molecule has 1 aliphatic carbocycles. The predicted molar refractivity (Wildman–Crippen MR) is 86.0 cm³/mol. The van der Waals surface area contributed by atoms with Crippen LogP contribution in [-0.4, -0.2) is 10.9 Å². The number of nitrogens with one attached hydrogen (secondary N) is 1. The molecule has 2 aromatic rings. The standard InChI is InChI=1S/C16H17ClN2OS/c1-2-13(11-4-3-5-12(17)8-11)19-15(20)14-9-18-16(21-14)10-6-7-10/h3-5,8-10,13H,2,6-7H2,1H3,(H,19,20). The van der Waals surface area contributed by atoms with Crippen molar-refractivity contribution in [3.05, 3.63) is 50.9 Å². The number of aromatic nitrogens is 1. The third-order valence-electron chi connectivity index (χ3n) is 3.64. The maximum absolute atomic E-state index is 12.4. The quantitative estimate of drug-likeness (QED) is 0.877. The van der Waals surface area contributed by atoms with Crippen LogP contribution in [0.3, 0.4) is 0 Å². The highest BCUT2D eigenvalue weighted by Crippen LogP contribution is 2.41. The van der Waals surface area contributed by atoms with E-state index in [9.17, 15) is 4.79 Å². The first kappa shape index (κ1) is 14.5. The maximum Gasteiger partial charge on any atom is 0.263 e. The molecule has 1 N–H and O–H groups in total. The molecule has 0 bridgehead atoms. The third-order valence-corrected chi connectivity index (χ3v) is 5.03. The summed E-state index contributed by atoms with van der Waals surface area (Å²) in [4.78, 5) is 17.4. The number of rotatable bonds is 5. The van der Waals surface area contributed by atoms with Gasteiger partial charge in [-0.15, -0.1) is 11.3 Å². The largest absolute Gasteiger partial charge is 0.344 e. The molecule has 1 aromatic carbocycles. The van der Waals surface area contributed by atoms with E-state index in [4.69, 9.17) is 11.6 Å². The van der Waals surface area contributed by atoms with Crippen LogP contribution in [0.15, 0.2) is 30.5 Å². The lowest BCUT2D eigenvalue weighted by molar-refractivity contribution is 0.0939. The first-order chi connectivity index (χ1) is 10.2. The number of benzene rings is 1. The molecule has 1 unspecified atom stereocenters. The van der Waals surface area contributed by atoms with E-state index >= 15 is 0 Å². The van der Waals surface area contributed by atoms with E-state index in [1.807, 2.05) is 31.2 Å². The molecule has 5 heteroatoms. The van der Waals surface area contributed by atoms with Gasteiger partial charge < -0.3 is 5.32 Å². The highest BCUT2D eigenvalue weighted by atomic mass is 35.5. The third kappa shape index (κ3) is 3.44. The Balaban J connectivity index is 1.71. The Hall–Kier alpha value is -1.39. The number of amides is 1. The molecule has 110 valence electrons. The normalized spacial score (nSPS) is 15.7. The SMILES string of the molecule is CCC(NC(=O)c1cnc(C2CC2)s1)c1cccc(Cl)c1. The minimum absolute atomic E-state index is 0.0253. The van der Waals surface area contributed by atoms with Gasteiger partial charge in [0.15, 0.2) is 0 Å². The molecule has 0 saturated heterocycles. The molecule has 0 spiro atoms. The Morgan fingerprint density at radius 1 is 1.52 bits per heavy atom. The van der Waals surface area contributed by atoms with Gasteiger partial charge in [0.25, 0.3) is 5.91 Å². The highest BCUT2D eigenvalue weighted by molar-refractivity contribution is 7.13. The van der Waals surface area contributed by atoms with Crippen LogP contribution in [-0.2, 0) is 0 Å². The molecule has 3 rings (SSSR count). The van der Waals surface area contributed by atoms with Crippen molar-refractivity contribution in [2.24, 2.45) is 0 Å². The first-order valence-corrected chi connectivity index (χ1v) is 8.39. The molecule has 0 aliphatic heterocycles. The lowest BCUT2D eigenvalue weighted by Crippen LogP contribution is -2.27. The predicted octanol–water partition coefficient (Wildman–Crippen LogP) is 4.56. The van der Waals surface area contributed by atoms with Crippen molar-refractivity contribution in [3.8, 4) is 0 Å². The molecule has 1 aliphatic rings. The van der Waals surface area contributed by atoms with Gasteiger partial charge in [-0.3, -0.25) is 4.79 Å². The van der Waals surface area contributed by atoms with Crippen LogP contribution in [0.5, 0.6) is 0 Å². The fourth-order valence-corrected chi connectivity index (χ4v) is 3.47. The minimum Gasteiger partial charge on any atom is -0.344 e. The number of carbonyl (C=O) groups is 1. The smallest absolute Gasteiger partial charge is 0.263 e. The molecule has 1 amide bonds. The Labute approximate surface area is 133 Å². The van der Waals surface area contributed by atoms with Crippen LogP contribution in [0.2, 0.25) is 5.02 Å². The zero-order chi connectivity index (χ0) is 14.8. The lowest BCUT2D eigenvalue weighted by Gasteiger charge is -2.17. The van der Waals surface area contributed by atoms with Crippen LogP contribution < -0.4 is 5.32 Å². The maximum atomic E-state index is 12.4. The number of carbonyl (C=O) groups excluding carboxylic acids is 1. The summed E-state index contributed by atoms with van der Waals surface area (Å²) in [7, 11) is 0. The van der Waals surface area contributed by atoms with Gasteiger partial charge in [0.05, 0.1) is 17.2 Å². The van der Waals surface area contributed by atoms with Crippen LogP contribution in [0.4, 0.5) is 0 Å². The summed E-state index contributed by atoms with van der Waals surface area (Å²) >= 11 is 7.54. The average Bonchev–Trinajstić information content (AvgIpc) is 3.22. The number of halogens is 1. The van der Waals surface area contributed by atoms with Gasteiger partial charge in [0.1, 0.15) is 4.88 Å². The molecule has 1 saturated carbocycles. The molecule has 3 nitrogen and oxygen atoms in total. The Morgan fingerprint density at radius 2 is 2.33 bits per heavy atom. The Morgan fingerprint density at radius 3 is 3.00 bits per heavy atom. The fourth-order valence-electron chi connectivity index (χ4n) is 2.29. The summed E-state index contributed by atoms with van der Waals surface area (Å²) in [6.07, 6.45) is 4.92. The topological polar surface area (TPSA) is 42.0 Å². The van der Waals surface area contributed by atoms with Gasteiger partial charge in [-0.2, -0.15) is 0 Å². The van der Waals surface area contributed by atoms with Crippen LogP contribution in [0.1, 0.15) is 58.4 Å². The molecule has 0 radical (unpaired) electrons. The molecule has 1 fully saturated rings. The van der Waals surface area contributed by atoms with Crippen molar-refractivity contribution in [2.75, 3.05) is 0 Å². The summed E-state index contributed by atoms with van der Waals surface area (Å²) < 4.78 is 0. The second-order valence-corrected chi connectivity index (χ2v) is 6.82. The second-order valence-electron chi connectivity index (χ2n) is 5.33. The van der Waals surface area contributed by atoms with Crippen molar-refractivity contribution in [3.63, 3.8) is 0 Å². The molecular formula is C16H17ClN2OS. The lowest BCUT2D eigenvalue weighted by atomic mass is 10.0. The van der Waals surface area contributed by atoms with E-state index in [0.717, 1.165) is 17.0 Å². The molecule has 21 heavy (non-hydrogen) atoms. The number of hydrogen-bond donors (Lipinski definition) is 1. The van der Waals surface area contributed by atoms with Gasteiger partial charge in [-0.1, -0.05) is 30.7 Å². The molecule has 1 atom stereocenters. The van der Waals surface area contributed by atoms with Crippen LogP contribution in [0.25, 0.3) is 0 Å². The van der Waals surface area contributed by atoms with Gasteiger partial charge in [-0.25, -0.2) is 4.98 Å². The molecular weight excluding hydrogens is 304 g/mol. The second kappa shape index (κ2) is 6.16. The number of nitrogens with zero attached hydrogens (tertiary/aromatic N) is 1. The van der Waals surface area contributed by atoms with Crippen molar-refractivity contribution in [1.29, 1.82) is 0 Å². The summed E-state index contributed by atoms with van der Waals surface area (Å²) in [6, 6.07) is 7.61. The van der Waals surface area contributed by atoms with Crippen molar-refractivity contribution in [2.45, 2.75) is 38.1 Å². The Kier molecular flexibility index (Phi) is 4.27. The monoisotopic (exact) mass is 320 g/mol. The fraction of sp³-hybridized carbons (Fsp3) is 0.375. The van der Waals surface area contributed by atoms with Crippen molar-refractivity contribution < 1.29 is 4.79 Å². The van der Waals surface area contributed by atoms with Gasteiger partial charge in [0, 0.05) is 10.9 Å². The molecule has 1 heterocycles. The average molecular weight is 321 g/mol. The van der Waals surface area contributed by atoms with E-state index in [2.05, 4.69) is 10.3 Å². The van der Waals surface area contributed by atoms with Crippen molar-refractivity contribution >= 4 is 28.8 Å². The van der Waals surface area contributed by atoms with E-state index in [1.54, 1.807) is 6.20 Å². The zero-order valence-electron chi connectivity index (χ0n) is 11.8. The Bertz CT molecular complexity index is 651. The van der Waals surface area contributed by atoms with E-state index in [0.29, 0.717) is 15.8 Å². The van der Waals surface area contributed by atoms with Crippen molar-refractivity contribution in [1.82, 2.24) is 10.3 Å². The van der Waals surface area contributed by atoms with E-state index in [-0.39, 0.29) is 11.9 Å². The van der Waals surface area contributed by atoms with Gasteiger partial charge >= 0.3 is 0 Å². The van der Waals surface area contributed by atoms with E-state index < -0.39 is 0 Å². The number of thiazole rings is 1. The molecule has 1 aromatic heterocycles. The number of hydrogen-bond acceptors (Lipinski definition) is 3. The van der Waals surface area contributed by atoms with Gasteiger partial charge in [-0.05, 0) is 37.0 Å². The van der Waals surface area contributed by atoms with E-state index in [1.165, 1.54) is 24.2 Å². The summed E-state index contributed by atoms with van der Waals surface area (Å²) in [5, 5.41) is 4.85. The summed E-state index contributed by atoms with van der Waals surface area (Å²) in [5.74, 6) is 0.540. The first-order valence-electron chi connectivity index (χ1n) is 7.19. The summed E-state index contributed by atoms with van der Waals surface area (Å²) in [6.45, 7) is 2.05. The summed E-state index contributed by atoms with van der Waals surface area (Å²) in [5.41, 5.74) is 1.03. The zero-order valence-corrected chi connectivity index (χ0v) is 13.4. The van der Waals surface area contributed by atoms with Gasteiger partial charge in [0.2, 0.25) is 0 Å².